The van der Waals surface area contributed by atoms with Gasteiger partial charge in [-0.3, -0.25) is 0 Å². The van der Waals surface area contributed by atoms with Crippen LogP contribution in [-0.4, -0.2) is 18.3 Å². The van der Waals surface area contributed by atoms with Gasteiger partial charge in [-0.1, -0.05) is 24.3 Å². The van der Waals surface area contributed by atoms with E-state index in [4.69, 9.17) is 9.47 Å². The van der Waals surface area contributed by atoms with Crippen molar-refractivity contribution in [2.24, 2.45) is 0 Å². The van der Waals surface area contributed by atoms with Gasteiger partial charge in [0, 0.05) is 17.2 Å². The first-order valence-electron chi connectivity index (χ1n) is 5.98. The number of ether oxygens (including phenoxy) is 2. The Morgan fingerprint density at radius 3 is 2.61 bits per heavy atom. The molecule has 0 aromatic heterocycles. The molecule has 4 rings (SSSR count). The second kappa shape index (κ2) is 3.27. The standard InChI is InChI=1S/C15H12O3/c16-10-5-6-12-11-3-1-2-4-13(11)15(8-17-9-15)18-14(12)7-10/h1-7,16H,8-9H2. The van der Waals surface area contributed by atoms with Crippen molar-refractivity contribution in [1.82, 2.24) is 0 Å². The van der Waals surface area contributed by atoms with Crippen LogP contribution < -0.4 is 4.74 Å². The fourth-order valence-electron chi connectivity index (χ4n) is 2.70. The minimum absolute atomic E-state index is 0.225. The quantitative estimate of drug-likeness (QED) is 0.769. The Morgan fingerprint density at radius 2 is 1.83 bits per heavy atom. The molecular weight excluding hydrogens is 228 g/mol. The van der Waals surface area contributed by atoms with E-state index in [0.29, 0.717) is 13.2 Å². The molecule has 3 nitrogen and oxygen atoms in total. The van der Waals surface area contributed by atoms with E-state index < -0.39 is 0 Å². The van der Waals surface area contributed by atoms with Crippen molar-refractivity contribution in [1.29, 1.82) is 0 Å². The van der Waals surface area contributed by atoms with Crippen LogP contribution in [-0.2, 0) is 10.3 Å². The molecule has 0 saturated carbocycles. The number of fused-ring (bicyclic) bond motifs is 4. The average molecular weight is 240 g/mol. The highest BCUT2D eigenvalue weighted by Gasteiger charge is 2.47. The van der Waals surface area contributed by atoms with Gasteiger partial charge in [-0.2, -0.15) is 0 Å². The molecule has 1 spiro atoms. The fraction of sp³-hybridized carbons (Fsp3) is 0.200. The largest absolute Gasteiger partial charge is 0.508 e. The maximum Gasteiger partial charge on any atom is 0.181 e. The summed E-state index contributed by atoms with van der Waals surface area (Å²) in [5, 5.41) is 9.59. The first kappa shape index (κ1) is 9.97. The van der Waals surface area contributed by atoms with Crippen LogP contribution in [0.5, 0.6) is 11.5 Å². The van der Waals surface area contributed by atoms with Gasteiger partial charge in [0.05, 0.1) is 13.2 Å². The van der Waals surface area contributed by atoms with Crippen molar-refractivity contribution in [3.8, 4) is 22.6 Å². The van der Waals surface area contributed by atoms with Crippen molar-refractivity contribution in [2.75, 3.05) is 13.2 Å². The van der Waals surface area contributed by atoms with Gasteiger partial charge in [0.1, 0.15) is 11.5 Å². The van der Waals surface area contributed by atoms with E-state index in [9.17, 15) is 5.11 Å². The summed E-state index contributed by atoms with van der Waals surface area (Å²) in [5.41, 5.74) is 3.01. The average Bonchev–Trinajstić information content (AvgIpc) is 2.35. The van der Waals surface area contributed by atoms with Crippen LogP contribution in [0.4, 0.5) is 0 Å². The minimum Gasteiger partial charge on any atom is -0.508 e. The van der Waals surface area contributed by atoms with Gasteiger partial charge in [0.2, 0.25) is 0 Å². The van der Waals surface area contributed by atoms with Crippen LogP contribution in [0.1, 0.15) is 5.56 Å². The van der Waals surface area contributed by atoms with Crippen molar-refractivity contribution in [3.63, 3.8) is 0 Å². The van der Waals surface area contributed by atoms with E-state index in [0.717, 1.165) is 11.3 Å². The number of hydrogen-bond acceptors (Lipinski definition) is 3. The third-order valence-electron chi connectivity index (χ3n) is 3.65. The lowest BCUT2D eigenvalue weighted by atomic mass is 9.82. The Balaban J connectivity index is 2.00. The third-order valence-corrected chi connectivity index (χ3v) is 3.65. The van der Waals surface area contributed by atoms with Gasteiger partial charge in [0.25, 0.3) is 0 Å². The molecule has 2 aliphatic heterocycles. The van der Waals surface area contributed by atoms with Gasteiger partial charge >= 0.3 is 0 Å². The number of hydrogen-bond donors (Lipinski definition) is 1. The SMILES string of the molecule is Oc1ccc2c(c1)OC1(COC1)c1ccccc1-2. The van der Waals surface area contributed by atoms with E-state index in [2.05, 4.69) is 12.1 Å². The molecule has 1 N–H and O–H groups in total. The fourth-order valence-corrected chi connectivity index (χ4v) is 2.70. The predicted octanol–water partition coefficient (Wildman–Crippen LogP) is 2.68. The number of aromatic hydroxyl groups is 1. The van der Waals surface area contributed by atoms with Gasteiger partial charge in [-0.25, -0.2) is 0 Å². The maximum absolute atomic E-state index is 9.59. The first-order valence-corrected chi connectivity index (χ1v) is 5.98. The molecule has 0 aliphatic carbocycles. The zero-order valence-electron chi connectivity index (χ0n) is 9.72. The molecule has 3 heteroatoms. The number of phenols is 1. The molecule has 0 unspecified atom stereocenters. The van der Waals surface area contributed by atoms with Crippen molar-refractivity contribution in [3.05, 3.63) is 48.0 Å². The molecule has 2 aromatic carbocycles. The molecule has 0 amide bonds. The highest BCUT2D eigenvalue weighted by atomic mass is 16.6. The van der Waals surface area contributed by atoms with Crippen molar-refractivity contribution >= 4 is 0 Å². The summed E-state index contributed by atoms with van der Waals surface area (Å²) in [7, 11) is 0. The molecule has 2 aliphatic rings. The molecule has 0 radical (unpaired) electrons. The summed E-state index contributed by atoms with van der Waals surface area (Å²) in [6, 6.07) is 13.5. The molecule has 18 heavy (non-hydrogen) atoms. The number of phenolic OH excluding ortho intramolecular Hbond substituents is 1. The van der Waals surface area contributed by atoms with Crippen LogP contribution in [0.3, 0.4) is 0 Å². The first-order chi connectivity index (χ1) is 8.78. The molecule has 90 valence electrons. The smallest absolute Gasteiger partial charge is 0.181 e. The Morgan fingerprint density at radius 1 is 1.00 bits per heavy atom. The molecule has 0 atom stereocenters. The Labute approximate surface area is 105 Å². The summed E-state index contributed by atoms with van der Waals surface area (Å²) >= 11 is 0. The van der Waals surface area contributed by atoms with Crippen LogP contribution in [0.2, 0.25) is 0 Å². The van der Waals surface area contributed by atoms with Gasteiger partial charge in [0.15, 0.2) is 5.60 Å². The Kier molecular flexibility index (Phi) is 1.81. The highest BCUT2D eigenvalue weighted by molar-refractivity contribution is 5.77. The maximum atomic E-state index is 9.59. The number of rotatable bonds is 0. The van der Waals surface area contributed by atoms with Crippen LogP contribution >= 0.6 is 0 Å². The number of benzene rings is 2. The lowest BCUT2D eigenvalue weighted by Crippen LogP contribution is -2.52. The molecular formula is C15H12O3. The second-order valence-electron chi connectivity index (χ2n) is 4.82. The summed E-state index contributed by atoms with van der Waals surface area (Å²) in [6.07, 6.45) is 0. The predicted molar refractivity (Wildman–Crippen MR) is 66.7 cm³/mol. The summed E-state index contributed by atoms with van der Waals surface area (Å²) < 4.78 is 11.4. The van der Waals surface area contributed by atoms with Crippen LogP contribution in [0.15, 0.2) is 42.5 Å². The molecule has 1 saturated heterocycles. The highest BCUT2D eigenvalue weighted by Crippen LogP contribution is 2.48. The summed E-state index contributed by atoms with van der Waals surface area (Å²) in [4.78, 5) is 0. The van der Waals surface area contributed by atoms with Gasteiger partial charge < -0.3 is 14.6 Å². The van der Waals surface area contributed by atoms with Crippen molar-refractivity contribution < 1.29 is 14.6 Å². The van der Waals surface area contributed by atoms with E-state index in [1.54, 1.807) is 12.1 Å². The van der Waals surface area contributed by atoms with E-state index >= 15 is 0 Å². The van der Waals surface area contributed by atoms with Crippen molar-refractivity contribution in [2.45, 2.75) is 5.60 Å². The zero-order chi connectivity index (χ0) is 12.2. The minimum atomic E-state index is -0.364. The lowest BCUT2D eigenvalue weighted by molar-refractivity contribution is -0.169. The normalized spacial score (nSPS) is 18.4. The third kappa shape index (κ3) is 1.17. The van der Waals surface area contributed by atoms with Gasteiger partial charge in [-0.15, -0.1) is 0 Å². The summed E-state index contributed by atoms with van der Waals surface area (Å²) in [5.74, 6) is 0.959. The van der Waals surface area contributed by atoms with Crippen LogP contribution in [0, 0.1) is 0 Å². The van der Waals surface area contributed by atoms with Crippen LogP contribution in [0.25, 0.3) is 11.1 Å². The second-order valence-corrected chi connectivity index (χ2v) is 4.82. The monoisotopic (exact) mass is 240 g/mol. The molecule has 1 fully saturated rings. The summed E-state index contributed by atoms with van der Waals surface area (Å²) in [6.45, 7) is 1.14. The van der Waals surface area contributed by atoms with E-state index in [1.165, 1.54) is 11.1 Å². The molecule has 2 aromatic rings. The van der Waals surface area contributed by atoms with E-state index in [-0.39, 0.29) is 11.4 Å². The lowest BCUT2D eigenvalue weighted by Gasteiger charge is -2.45. The molecule has 2 heterocycles. The zero-order valence-corrected chi connectivity index (χ0v) is 9.72. The Bertz CT molecular complexity index is 629. The Hall–Kier alpha value is -2.00. The van der Waals surface area contributed by atoms with Gasteiger partial charge in [-0.05, 0) is 17.7 Å². The van der Waals surface area contributed by atoms with E-state index in [1.807, 2.05) is 18.2 Å². The topological polar surface area (TPSA) is 38.7 Å². The molecule has 0 bridgehead atoms.